The lowest BCUT2D eigenvalue weighted by atomic mass is 10.1. The van der Waals surface area contributed by atoms with Crippen molar-refractivity contribution in [1.29, 1.82) is 0 Å². The van der Waals surface area contributed by atoms with Gasteiger partial charge in [0.25, 0.3) is 10.0 Å². The number of sulfonamides is 1. The molecule has 12 heteroatoms. The van der Waals surface area contributed by atoms with E-state index in [0.29, 0.717) is 11.3 Å². The highest BCUT2D eigenvalue weighted by atomic mass is 35.5. The second-order valence-corrected chi connectivity index (χ2v) is 12.1. The van der Waals surface area contributed by atoms with Crippen LogP contribution in [-0.2, 0) is 26.2 Å². The van der Waals surface area contributed by atoms with E-state index in [4.69, 9.17) is 27.9 Å². The quantitative estimate of drug-likeness (QED) is 0.280. The summed E-state index contributed by atoms with van der Waals surface area (Å²) >= 11 is 12.8. The summed E-state index contributed by atoms with van der Waals surface area (Å²) in [7, 11) is -2.88. The number of nitrogens with zero attached hydrogens (tertiary/aromatic N) is 2. The maximum Gasteiger partial charge on any atom is 0.264 e. The number of amides is 2. The van der Waals surface area contributed by atoms with Crippen molar-refractivity contribution in [2.75, 3.05) is 18.0 Å². The van der Waals surface area contributed by atoms with Crippen molar-refractivity contribution in [3.63, 3.8) is 0 Å². The van der Waals surface area contributed by atoms with Gasteiger partial charge in [-0.15, -0.1) is 0 Å². The van der Waals surface area contributed by atoms with Crippen LogP contribution in [0.15, 0.2) is 71.6 Å². The molecule has 0 radical (unpaired) electrons. The third-order valence-electron chi connectivity index (χ3n) is 6.25. The monoisotopic (exact) mass is 623 g/mol. The summed E-state index contributed by atoms with van der Waals surface area (Å²) in [4.78, 5) is 28.4. The Morgan fingerprint density at radius 1 is 0.976 bits per heavy atom. The van der Waals surface area contributed by atoms with Gasteiger partial charge in [-0.25, -0.2) is 12.8 Å². The zero-order valence-corrected chi connectivity index (χ0v) is 25.4. The molecule has 0 heterocycles. The van der Waals surface area contributed by atoms with E-state index in [1.165, 1.54) is 48.4 Å². The molecule has 0 saturated heterocycles. The number of methoxy groups -OCH3 is 1. The molecule has 0 spiro atoms. The molecule has 0 aliphatic carbocycles. The number of rotatable bonds is 12. The molecule has 41 heavy (non-hydrogen) atoms. The van der Waals surface area contributed by atoms with Crippen molar-refractivity contribution in [3.8, 4) is 5.75 Å². The van der Waals surface area contributed by atoms with Crippen LogP contribution in [0, 0.1) is 5.82 Å². The minimum Gasteiger partial charge on any atom is -0.497 e. The van der Waals surface area contributed by atoms with Crippen molar-refractivity contribution < 1.29 is 27.1 Å². The number of carbonyl (C=O) groups is 2. The molecule has 3 rings (SSSR count). The van der Waals surface area contributed by atoms with Crippen LogP contribution in [0.5, 0.6) is 5.75 Å². The fourth-order valence-electron chi connectivity index (χ4n) is 4.16. The van der Waals surface area contributed by atoms with Gasteiger partial charge >= 0.3 is 0 Å². The highest BCUT2D eigenvalue weighted by Crippen LogP contribution is 2.29. The standard InChI is InChI=1S/C29H32Cl2FN3O5S/c1-5-27(29(37)33-19(2)3)34(17-24-25(30)7-6-8-26(24)31)28(36)18-35(21-11-9-20(32)10-12-21)41(38,39)23-15-13-22(40-4)14-16-23/h6-16,19,27H,5,17-18H2,1-4H3,(H,33,37). The molecule has 1 unspecified atom stereocenters. The number of hydrogen-bond donors (Lipinski definition) is 1. The third kappa shape index (κ3) is 7.90. The van der Waals surface area contributed by atoms with Crippen LogP contribution in [0.1, 0.15) is 32.8 Å². The van der Waals surface area contributed by atoms with Crippen LogP contribution < -0.4 is 14.4 Å². The van der Waals surface area contributed by atoms with E-state index in [-0.39, 0.29) is 39.6 Å². The summed E-state index contributed by atoms with van der Waals surface area (Å²) in [6, 6.07) is 14.1. The molecule has 0 fully saturated rings. The van der Waals surface area contributed by atoms with Crippen LogP contribution in [0.25, 0.3) is 0 Å². The first-order valence-corrected chi connectivity index (χ1v) is 15.0. The first kappa shape index (κ1) is 32.2. The molecule has 0 bridgehead atoms. The minimum absolute atomic E-state index is 0.0611. The maximum absolute atomic E-state index is 14.0. The van der Waals surface area contributed by atoms with E-state index in [9.17, 15) is 22.4 Å². The van der Waals surface area contributed by atoms with Crippen molar-refractivity contribution >= 4 is 50.7 Å². The molecule has 0 aromatic heterocycles. The van der Waals surface area contributed by atoms with Crippen LogP contribution in [0.4, 0.5) is 10.1 Å². The fraction of sp³-hybridized carbons (Fsp3) is 0.310. The molecule has 8 nitrogen and oxygen atoms in total. The zero-order chi connectivity index (χ0) is 30.3. The predicted molar refractivity (Wildman–Crippen MR) is 158 cm³/mol. The Balaban J connectivity index is 2.10. The Bertz CT molecular complexity index is 1450. The highest BCUT2D eigenvalue weighted by Gasteiger charge is 2.34. The fourth-order valence-corrected chi connectivity index (χ4v) is 6.10. The molecule has 2 amide bonds. The SMILES string of the molecule is CCC(C(=O)NC(C)C)N(Cc1c(Cl)cccc1Cl)C(=O)CN(c1ccc(F)cc1)S(=O)(=O)c1ccc(OC)cc1. The van der Waals surface area contributed by atoms with Gasteiger partial charge in [0.05, 0.1) is 17.7 Å². The van der Waals surface area contributed by atoms with Crippen LogP contribution in [-0.4, -0.2) is 50.9 Å². The summed E-state index contributed by atoms with van der Waals surface area (Å²) in [5, 5.41) is 3.39. The van der Waals surface area contributed by atoms with Crippen LogP contribution >= 0.6 is 23.2 Å². The van der Waals surface area contributed by atoms with Gasteiger partial charge in [-0.2, -0.15) is 0 Å². The summed E-state index contributed by atoms with van der Waals surface area (Å²) in [6.07, 6.45) is 0.230. The van der Waals surface area contributed by atoms with Gasteiger partial charge in [0, 0.05) is 28.2 Å². The molecule has 0 saturated carbocycles. The molecular weight excluding hydrogens is 592 g/mol. The average Bonchev–Trinajstić information content (AvgIpc) is 2.93. The Hall–Kier alpha value is -3.34. The maximum atomic E-state index is 14.0. The smallest absolute Gasteiger partial charge is 0.264 e. The number of carbonyl (C=O) groups excluding carboxylic acids is 2. The van der Waals surface area contributed by atoms with E-state index in [2.05, 4.69) is 5.32 Å². The largest absolute Gasteiger partial charge is 0.497 e. The van der Waals surface area contributed by atoms with Crippen LogP contribution in [0.3, 0.4) is 0 Å². The number of benzene rings is 3. The second-order valence-electron chi connectivity index (χ2n) is 9.47. The normalized spacial score (nSPS) is 12.1. The Morgan fingerprint density at radius 2 is 1.56 bits per heavy atom. The Kier molecular flexibility index (Phi) is 11.0. The van der Waals surface area contributed by atoms with E-state index in [1.54, 1.807) is 39.0 Å². The van der Waals surface area contributed by atoms with Crippen molar-refractivity contribution in [1.82, 2.24) is 10.2 Å². The predicted octanol–water partition coefficient (Wildman–Crippen LogP) is 5.67. The number of nitrogens with one attached hydrogen (secondary N) is 1. The summed E-state index contributed by atoms with van der Waals surface area (Å²) in [5.74, 6) is -1.23. The molecule has 0 aliphatic heterocycles. The summed E-state index contributed by atoms with van der Waals surface area (Å²) in [6.45, 7) is 4.48. The minimum atomic E-state index is -4.33. The summed E-state index contributed by atoms with van der Waals surface area (Å²) < 4.78 is 47.5. The molecule has 3 aromatic rings. The van der Waals surface area contributed by atoms with Gasteiger partial charge in [-0.1, -0.05) is 36.2 Å². The average molecular weight is 625 g/mol. The molecule has 0 aliphatic rings. The van der Waals surface area contributed by atoms with Gasteiger partial charge in [-0.3, -0.25) is 13.9 Å². The van der Waals surface area contributed by atoms with E-state index in [0.717, 1.165) is 16.4 Å². The zero-order valence-electron chi connectivity index (χ0n) is 23.1. The lowest BCUT2D eigenvalue weighted by Gasteiger charge is -2.34. The summed E-state index contributed by atoms with van der Waals surface area (Å²) in [5.41, 5.74) is 0.470. The molecule has 220 valence electrons. The number of anilines is 1. The van der Waals surface area contributed by atoms with Crippen molar-refractivity contribution in [3.05, 3.63) is 88.2 Å². The second kappa shape index (κ2) is 14.0. The van der Waals surface area contributed by atoms with E-state index >= 15 is 0 Å². The van der Waals surface area contributed by atoms with Gasteiger partial charge in [0.1, 0.15) is 24.2 Å². The topological polar surface area (TPSA) is 96.0 Å². The third-order valence-corrected chi connectivity index (χ3v) is 8.74. The van der Waals surface area contributed by atoms with E-state index in [1.807, 2.05) is 0 Å². The lowest BCUT2D eigenvalue weighted by molar-refractivity contribution is -0.140. The van der Waals surface area contributed by atoms with E-state index < -0.39 is 40.2 Å². The Morgan fingerprint density at radius 3 is 2.07 bits per heavy atom. The van der Waals surface area contributed by atoms with Crippen molar-refractivity contribution in [2.45, 2.75) is 50.7 Å². The first-order chi connectivity index (χ1) is 19.4. The van der Waals surface area contributed by atoms with Crippen molar-refractivity contribution in [2.24, 2.45) is 0 Å². The number of halogens is 3. The molecule has 3 aromatic carbocycles. The highest BCUT2D eigenvalue weighted by molar-refractivity contribution is 7.92. The van der Waals surface area contributed by atoms with Gasteiger partial charge in [0.15, 0.2) is 0 Å². The lowest BCUT2D eigenvalue weighted by Crippen LogP contribution is -2.53. The number of ether oxygens (including phenoxy) is 1. The molecule has 1 N–H and O–H groups in total. The van der Waals surface area contributed by atoms with Gasteiger partial charge in [-0.05, 0) is 80.9 Å². The van der Waals surface area contributed by atoms with Gasteiger partial charge < -0.3 is 15.0 Å². The van der Waals surface area contributed by atoms with Crippen LogP contribution in [0.2, 0.25) is 10.0 Å². The number of hydrogen-bond acceptors (Lipinski definition) is 5. The molecular formula is C29H32Cl2FN3O5S. The first-order valence-electron chi connectivity index (χ1n) is 12.8. The Labute approximate surface area is 250 Å². The molecule has 1 atom stereocenters. The van der Waals surface area contributed by atoms with Gasteiger partial charge in [0.2, 0.25) is 11.8 Å².